The van der Waals surface area contributed by atoms with Crippen LogP contribution < -0.4 is 10.6 Å². The van der Waals surface area contributed by atoms with Gasteiger partial charge in [-0.05, 0) is 42.9 Å². The highest BCUT2D eigenvalue weighted by molar-refractivity contribution is 5.74. The van der Waals surface area contributed by atoms with Gasteiger partial charge in [0.1, 0.15) is 0 Å². The molecule has 0 aliphatic heterocycles. The molecule has 114 valence electrons. The Balaban J connectivity index is 1.68. The summed E-state index contributed by atoms with van der Waals surface area (Å²) in [5.74, 6) is -0.771. The normalized spacial score (nSPS) is 21.6. The molecule has 5 heteroatoms. The maximum atomic E-state index is 11.8. The van der Waals surface area contributed by atoms with Crippen molar-refractivity contribution in [3.8, 4) is 0 Å². The number of urea groups is 1. The van der Waals surface area contributed by atoms with Gasteiger partial charge in [0.15, 0.2) is 0 Å². The molecule has 0 spiro atoms. The number of aliphatic carboxylic acids is 1. The Hall–Kier alpha value is -1.26. The minimum absolute atomic E-state index is 0.149. The van der Waals surface area contributed by atoms with Crippen molar-refractivity contribution in [3.63, 3.8) is 0 Å². The number of carbonyl (C=O) groups is 2. The zero-order chi connectivity index (χ0) is 14.6. The van der Waals surface area contributed by atoms with Gasteiger partial charge in [0.25, 0.3) is 0 Å². The Morgan fingerprint density at radius 2 is 1.65 bits per heavy atom. The summed E-state index contributed by atoms with van der Waals surface area (Å²) < 4.78 is 0. The van der Waals surface area contributed by atoms with E-state index in [2.05, 4.69) is 17.6 Å². The average Bonchev–Trinajstić information content (AvgIpc) is 3.10. The predicted molar refractivity (Wildman–Crippen MR) is 76.5 cm³/mol. The number of rotatable bonds is 8. The molecular weight excluding hydrogens is 256 g/mol. The van der Waals surface area contributed by atoms with Crippen LogP contribution in [-0.2, 0) is 4.79 Å². The molecule has 2 saturated carbocycles. The van der Waals surface area contributed by atoms with E-state index >= 15 is 0 Å². The lowest BCUT2D eigenvalue weighted by Gasteiger charge is -2.40. The van der Waals surface area contributed by atoms with Crippen LogP contribution in [0.5, 0.6) is 0 Å². The lowest BCUT2D eigenvalue weighted by Crippen LogP contribution is -2.47. The molecule has 0 unspecified atom stereocenters. The van der Waals surface area contributed by atoms with Crippen LogP contribution in [0.3, 0.4) is 0 Å². The predicted octanol–water partition coefficient (Wildman–Crippen LogP) is 2.51. The van der Waals surface area contributed by atoms with Gasteiger partial charge in [-0.3, -0.25) is 4.79 Å². The van der Waals surface area contributed by atoms with Crippen molar-refractivity contribution >= 4 is 12.0 Å². The smallest absolute Gasteiger partial charge is 0.314 e. The first-order chi connectivity index (χ1) is 9.49. The van der Waals surface area contributed by atoms with Crippen molar-refractivity contribution in [1.82, 2.24) is 10.6 Å². The van der Waals surface area contributed by atoms with Gasteiger partial charge in [0.2, 0.25) is 0 Å². The molecule has 0 heterocycles. The molecule has 0 bridgehead atoms. The Morgan fingerprint density at radius 1 is 1.05 bits per heavy atom. The topological polar surface area (TPSA) is 78.4 Å². The SMILES string of the molecule is CCCC1(CNC(=O)NCC2(CC(=O)O)CCC2)CC1. The Morgan fingerprint density at radius 3 is 2.05 bits per heavy atom. The molecule has 0 aromatic rings. The van der Waals surface area contributed by atoms with E-state index in [0.717, 1.165) is 32.2 Å². The molecule has 0 aromatic carbocycles. The third kappa shape index (κ3) is 3.87. The Bertz CT molecular complexity index is 373. The van der Waals surface area contributed by atoms with E-state index < -0.39 is 5.97 Å². The quantitative estimate of drug-likeness (QED) is 0.640. The second-order valence-corrected chi connectivity index (χ2v) is 6.71. The Labute approximate surface area is 120 Å². The van der Waals surface area contributed by atoms with E-state index in [4.69, 9.17) is 5.11 Å². The molecule has 0 aromatic heterocycles. The van der Waals surface area contributed by atoms with Crippen LogP contribution in [0.2, 0.25) is 0 Å². The van der Waals surface area contributed by atoms with Crippen LogP contribution >= 0.6 is 0 Å². The summed E-state index contributed by atoms with van der Waals surface area (Å²) in [7, 11) is 0. The van der Waals surface area contributed by atoms with E-state index in [-0.39, 0.29) is 17.9 Å². The van der Waals surface area contributed by atoms with Crippen LogP contribution in [0.15, 0.2) is 0 Å². The highest BCUT2D eigenvalue weighted by Crippen LogP contribution is 2.49. The van der Waals surface area contributed by atoms with Gasteiger partial charge in [-0.1, -0.05) is 19.8 Å². The molecular formula is C15H26N2O3. The first kappa shape index (κ1) is 15.1. The maximum Gasteiger partial charge on any atom is 0.314 e. The minimum atomic E-state index is -0.771. The number of hydrogen-bond acceptors (Lipinski definition) is 2. The third-order valence-electron chi connectivity index (χ3n) is 4.93. The molecule has 3 N–H and O–H groups in total. The standard InChI is InChI=1S/C15H26N2O3/c1-2-4-14(7-8-14)10-16-13(20)17-11-15(5-3-6-15)9-12(18)19/h2-11H2,1H3,(H,18,19)(H2,16,17,20). The number of carboxylic acids is 1. The van der Waals surface area contributed by atoms with Gasteiger partial charge in [0, 0.05) is 13.1 Å². The Kier molecular flexibility index (Phi) is 4.55. The number of nitrogens with one attached hydrogen (secondary N) is 2. The lowest BCUT2D eigenvalue weighted by molar-refractivity contribution is -0.141. The summed E-state index contributed by atoms with van der Waals surface area (Å²) in [6, 6.07) is -0.149. The molecule has 2 rings (SSSR count). The van der Waals surface area contributed by atoms with Gasteiger partial charge in [-0.25, -0.2) is 4.79 Å². The van der Waals surface area contributed by atoms with Gasteiger partial charge in [-0.15, -0.1) is 0 Å². The van der Waals surface area contributed by atoms with E-state index in [9.17, 15) is 9.59 Å². The number of hydrogen-bond donors (Lipinski definition) is 3. The molecule has 2 fully saturated rings. The van der Waals surface area contributed by atoms with E-state index in [1.54, 1.807) is 0 Å². The van der Waals surface area contributed by atoms with Crippen LogP contribution in [0.25, 0.3) is 0 Å². The first-order valence-corrected chi connectivity index (χ1v) is 7.73. The number of amides is 2. The second kappa shape index (κ2) is 6.02. The van der Waals surface area contributed by atoms with Crippen molar-refractivity contribution in [2.45, 2.75) is 58.3 Å². The summed E-state index contributed by atoms with van der Waals surface area (Å²) >= 11 is 0. The lowest BCUT2D eigenvalue weighted by atomic mass is 9.66. The molecule has 0 radical (unpaired) electrons. The van der Waals surface area contributed by atoms with Crippen LogP contribution in [0.1, 0.15) is 58.3 Å². The van der Waals surface area contributed by atoms with E-state index in [1.165, 1.54) is 19.3 Å². The number of carboxylic acid groups (broad SMARTS) is 1. The summed E-state index contributed by atoms with van der Waals surface area (Å²) in [4.78, 5) is 22.7. The zero-order valence-electron chi connectivity index (χ0n) is 12.3. The van der Waals surface area contributed by atoms with Crippen LogP contribution in [-0.4, -0.2) is 30.2 Å². The molecule has 5 nitrogen and oxygen atoms in total. The van der Waals surface area contributed by atoms with Crippen LogP contribution in [0, 0.1) is 10.8 Å². The van der Waals surface area contributed by atoms with Crippen molar-refractivity contribution in [2.75, 3.05) is 13.1 Å². The fourth-order valence-electron chi connectivity index (χ4n) is 3.23. The minimum Gasteiger partial charge on any atom is -0.481 e. The molecule has 2 amide bonds. The van der Waals surface area contributed by atoms with Gasteiger partial charge < -0.3 is 15.7 Å². The second-order valence-electron chi connectivity index (χ2n) is 6.71. The fourth-order valence-corrected chi connectivity index (χ4v) is 3.23. The molecule has 0 saturated heterocycles. The van der Waals surface area contributed by atoms with Crippen molar-refractivity contribution in [1.29, 1.82) is 0 Å². The fraction of sp³-hybridized carbons (Fsp3) is 0.867. The number of carbonyl (C=O) groups excluding carboxylic acids is 1. The highest BCUT2D eigenvalue weighted by atomic mass is 16.4. The summed E-state index contributed by atoms with van der Waals surface area (Å²) in [5.41, 5.74) is 0.144. The van der Waals surface area contributed by atoms with Gasteiger partial charge in [-0.2, -0.15) is 0 Å². The van der Waals surface area contributed by atoms with Gasteiger partial charge in [0.05, 0.1) is 6.42 Å². The average molecular weight is 282 g/mol. The largest absolute Gasteiger partial charge is 0.481 e. The van der Waals surface area contributed by atoms with Crippen molar-refractivity contribution in [2.24, 2.45) is 10.8 Å². The maximum absolute atomic E-state index is 11.8. The summed E-state index contributed by atoms with van der Waals surface area (Å²) in [5, 5.41) is 14.7. The van der Waals surface area contributed by atoms with Crippen molar-refractivity contribution < 1.29 is 14.7 Å². The third-order valence-corrected chi connectivity index (χ3v) is 4.93. The molecule has 0 atom stereocenters. The van der Waals surface area contributed by atoms with Gasteiger partial charge >= 0.3 is 12.0 Å². The van der Waals surface area contributed by atoms with E-state index in [0.29, 0.717) is 12.0 Å². The van der Waals surface area contributed by atoms with E-state index in [1.807, 2.05) is 0 Å². The first-order valence-electron chi connectivity index (χ1n) is 7.73. The highest BCUT2D eigenvalue weighted by Gasteiger charge is 2.42. The monoisotopic (exact) mass is 282 g/mol. The van der Waals surface area contributed by atoms with Crippen LogP contribution in [0.4, 0.5) is 4.79 Å². The molecule has 2 aliphatic carbocycles. The zero-order valence-corrected chi connectivity index (χ0v) is 12.3. The molecule has 20 heavy (non-hydrogen) atoms. The summed E-state index contributed by atoms with van der Waals surface area (Å²) in [6.45, 7) is 3.40. The van der Waals surface area contributed by atoms with Crippen molar-refractivity contribution in [3.05, 3.63) is 0 Å². The molecule has 2 aliphatic rings. The summed E-state index contributed by atoms with van der Waals surface area (Å²) in [6.07, 6.45) is 7.79.